The van der Waals surface area contributed by atoms with Crippen molar-refractivity contribution < 1.29 is 8.42 Å². The minimum Gasteiger partial charge on any atom is -0.257 e. The highest BCUT2D eigenvalue weighted by Crippen LogP contribution is 2.18. The van der Waals surface area contributed by atoms with Crippen LogP contribution in [-0.4, -0.2) is 13.4 Å². The molecule has 18 heavy (non-hydrogen) atoms. The minimum atomic E-state index is -3.49. The van der Waals surface area contributed by atoms with E-state index in [1.165, 1.54) is 18.2 Å². The highest BCUT2D eigenvalue weighted by molar-refractivity contribution is 7.94. The second-order valence-corrected chi connectivity index (χ2v) is 5.83. The van der Waals surface area contributed by atoms with Gasteiger partial charge in [0, 0.05) is 16.6 Å². The van der Waals surface area contributed by atoms with E-state index < -0.39 is 9.84 Å². The average Bonchev–Trinajstić information content (AvgIpc) is 2.38. The molecule has 0 saturated carbocycles. The van der Waals surface area contributed by atoms with Gasteiger partial charge in [-0.05, 0) is 36.4 Å². The van der Waals surface area contributed by atoms with Gasteiger partial charge in [-0.2, -0.15) is 0 Å². The molecule has 3 nitrogen and oxygen atoms in total. The number of nitrogens with zero attached hydrogens (tertiary/aromatic N) is 1. The van der Waals surface area contributed by atoms with E-state index in [4.69, 9.17) is 11.6 Å². The molecule has 0 atom stereocenters. The van der Waals surface area contributed by atoms with E-state index in [-0.39, 0.29) is 4.90 Å². The summed E-state index contributed by atoms with van der Waals surface area (Å²) in [6.45, 7) is 0. The Balaban J connectivity index is 2.31. The van der Waals surface area contributed by atoms with Crippen molar-refractivity contribution in [3.63, 3.8) is 0 Å². The van der Waals surface area contributed by atoms with Crippen molar-refractivity contribution in [3.05, 3.63) is 64.8 Å². The van der Waals surface area contributed by atoms with Crippen LogP contribution >= 0.6 is 11.6 Å². The number of benzene rings is 1. The molecule has 92 valence electrons. The maximum Gasteiger partial charge on any atom is 0.199 e. The lowest BCUT2D eigenvalue weighted by Gasteiger charge is -1.99. The molecule has 0 bridgehead atoms. The fourth-order valence-corrected chi connectivity index (χ4v) is 2.65. The fourth-order valence-electron chi connectivity index (χ4n) is 1.36. The van der Waals surface area contributed by atoms with Gasteiger partial charge in [-0.15, -0.1) is 0 Å². The van der Waals surface area contributed by atoms with Crippen molar-refractivity contribution in [3.8, 4) is 0 Å². The molecule has 0 aliphatic heterocycles. The number of hydrogen-bond acceptors (Lipinski definition) is 3. The van der Waals surface area contributed by atoms with Gasteiger partial charge in [0.1, 0.15) is 0 Å². The lowest BCUT2D eigenvalue weighted by molar-refractivity contribution is 0.605. The number of rotatable bonds is 3. The van der Waals surface area contributed by atoms with E-state index in [1.54, 1.807) is 36.5 Å². The van der Waals surface area contributed by atoms with Crippen LogP contribution in [0.15, 0.2) is 59.0 Å². The van der Waals surface area contributed by atoms with Crippen LogP contribution in [0, 0.1) is 0 Å². The Bertz CT molecular complexity index is 666. The highest BCUT2D eigenvalue weighted by Gasteiger charge is 2.10. The summed E-state index contributed by atoms with van der Waals surface area (Å²) in [5.41, 5.74) is 0.586. The number of hydrogen-bond donors (Lipinski definition) is 0. The van der Waals surface area contributed by atoms with Crippen LogP contribution in [0.4, 0.5) is 0 Å². The smallest absolute Gasteiger partial charge is 0.199 e. The van der Waals surface area contributed by atoms with E-state index in [2.05, 4.69) is 4.98 Å². The normalized spacial score (nSPS) is 11.8. The molecule has 1 aromatic carbocycles. The Morgan fingerprint density at radius 3 is 2.61 bits per heavy atom. The van der Waals surface area contributed by atoms with Crippen molar-refractivity contribution in [1.82, 2.24) is 4.98 Å². The first-order chi connectivity index (χ1) is 8.58. The maximum absolute atomic E-state index is 12.0. The summed E-state index contributed by atoms with van der Waals surface area (Å²) in [6, 6.07) is 11.4. The van der Waals surface area contributed by atoms with E-state index >= 15 is 0 Å². The van der Waals surface area contributed by atoms with Crippen molar-refractivity contribution >= 4 is 27.5 Å². The van der Waals surface area contributed by atoms with Gasteiger partial charge in [-0.3, -0.25) is 4.98 Å². The molecule has 0 N–H and O–H groups in total. The summed E-state index contributed by atoms with van der Waals surface area (Å²) in [7, 11) is -3.49. The first-order valence-corrected chi connectivity index (χ1v) is 7.10. The van der Waals surface area contributed by atoms with Gasteiger partial charge in [0.15, 0.2) is 9.84 Å². The molecule has 0 aliphatic rings. The van der Waals surface area contributed by atoms with Crippen molar-refractivity contribution in [1.29, 1.82) is 0 Å². The van der Waals surface area contributed by atoms with Crippen LogP contribution in [0.3, 0.4) is 0 Å². The topological polar surface area (TPSA) is 47.0 Å². The Morgan fingerprint density at radius 2 is 1.94 bits per heavy atom. The molecule has 0 aliphatic carbocycles. The van der Waals surface area contributed by atoms with Gasteiger partial charge in [-0.1, -0.05) is 23.7 Å². The quantitative estimate of drug-likeness (QED) is 0.867. The lowest BCUT2D eigenvalue weighted by atomic mass is 10.3. The molecule has 0 radical (unpaired) electrons. The Morgan fingerprint density at radius 1 is 1.11 bits per heavy atom. The molecule has 0 spiro atoms. The Kier molecular flexibility index (Phi) is 3.79. The predicted molar refractivity (Wildman–Crippen MR) is 71.9 cm³/mol. The second-order valence-electron chi connectivity index (χ2n) is 3.56. The van der Waals surface area contributed by atoms with Crippen LogP contribution in [0.5, 0.6) is 0 Å². The lowest BCUT2D eigenvalue weighted by Crippen LogP contribution is -1.95. The van der Waals surface area contributed by atoms with Gasteiger partial charge in [0.05, 0.1) is 10.6 Å². The number of aromatic nitrogens is 1. The molecule has 0 unspecified atom stereocenters. The van der Waals surface area contributed by atoms with Gasteiger partial charge < -0.3 is 0 Å². The Hall–Kier alpha value is -1.65. The molecule has 5 heteroatoms. The van der Waals surface area contributed by atoms with Crippen molar-refractivity contribution in [2.24, 2.45) is 0 Å². The minimum absolute atomic E-state index is 0.169. The average molecular weight is 280 g/mol. The molecular formula is C13H10ClNO2S. The molecule has 2 aromatic rings. The fraction of sp³-hybridized carbons (Fsp3) is 0. The number of pyridine rings is 1. The summed E-state index contributed by atoms with van der Waals surface area (Å²) >= 11 is 5.77. The summed E-state index contributed by atoms with van der Waals surface area (Å²) in [6.07, 6.45) is 3.06. The van der Waals surface area contributed by atoms with Crippen LogP contribution in [-0.2, 0) is 9.84 Å². The van der Waals surface area contributed by atoms with Crippen LogP contribution in [0.1, 0.15) is 5.69 Å². The van der Waals surface area contributed by atoms with Crippen LogP contribution < -0.4 is 0 Å². The first-order valence-electron chi connectivity index (χ1n) is 5.18. The number of halogens is 1. The van der Waals surface area contributed by atoms with Crippen LogP contribution in [0.25, 0.3) is 6.08 Å². The van der Waals surface area contributed by atoms with Gasteiger partial charge >= 0.3 is 0 Å². The van der Waals surface area contributed by atoms with Gasteiger partial charge in [-0.25, -0.2) is 8.42 Å². The van der Waals surface area contributed by atoms with Crippen LogP contribution in [0.2, 0.25) is 5.02 Å². The third-order valence-corrected chi connectivity index (χ3v) is 3.87. The summed E-state index contributed by atoms with van der Waals surface area (Å²) in [4.78, 5) is 4.18. The summed E-state index contributed by atoms with van der Waals surface area (Å²) in [5.74, 6) is 0. The van der Waals surface area contributed by atoms with E-state index in [9.17, 15) is 8.42 Å². The van der Waals surface area contributed by atoms with Crippen molar-refractivity contribution in [2.45, 2.75) is 4.90 Å². The zero-order chi connectivity index (χ0) is 13.0. The molecular weight excluding hydrogens is 270 g/mol. The zero-order valence-corrected chi connectivity index (χ0v) is 10.9. The number of sulfone groups is 1. The molecule has 1 heterocycles. The highest BCUT2D eigenvalue weighted by atomic mass is 35.5. The molecule has 0 amide bonds. The van der Waals surface area contributed by atoms with Crippen molar-refractivity contribution in [2.75, 3.05) is 0 Å². The predicted octanol–water partition coefficient (Wildman–Crippen LogP) is 3.18. The molecule has 1 aromatic heterocycles. The molecule has 2 rings (SSSR count). The third kappa shape index (κ3) is 3.18. The monoisotopic (exact) mass is 279 g/mol. The third-order valence-electron chi connectivity index (χ3n) is 2.23. The molecule has 0 saturated heterocycles. The van der Waals surface area contributed by atoms with Gasteiger partial charge in [0.25, 0.3) is 0 Å². The SMILES string of the molecule is O=S(=O)(/C=C/c1ccccn1)c1cccc(Cl)c1. The second kappa shape index (κ2) is 5.33. The summed E-state index contributed by atoms with van der Waals surface area (Å²) in [5, 5.41) is 1.52. The van der Waals surface area contributed by atoms with E-state index in [0.29, 0.717) is 10.7 Å². The Labute approximate surface area is 111 Å². The maximum atomic E-state index is 12.0. The molecule has 0 fully saturated rings. The standard InChI is InChI=1S/C13H10ClNO2S/c14-11-4-3-6-13(10-11)18(16,17)9-7-12-5-1-2-8-15-12/h1-10H/b9-7+. The zero-order valence-electron chi connectivity index (χ0n) is 9.32. The largest absolute Gasteiger partial charge is 0.257 e. The van der Waals surface area contributed by atoms with E-state index in [1.807, 2.05) is 0 Å². The van der Waals surface area contributed by atoms with E-state index in [0.717, 1.165) is 5.41 Å². The summed E-state index contributed by atoms with van der Waals surface area (Å²) < 4.78 is 24.0. The van der Waals surface area contributed by atoms with Gasteiger partial charge in [0.2, 0.25) is 0 Å². The first kappa shape index (κ1) is 12.8.